The van der Waals surface area contributed by atoms with E-state index < -0.39 is 29.2 Å². The molecule has 0 fully saturated rings. The quantitative estimate of drug-likeness (QED) is 0.920. The molecule has 0 amide bonds. The molecular weight excluding hydrogens is 278 g/mol. The number of rotatable bonds is 5. The predicted octanol–water partition coefficient (Wildman–Crippen LogP) is 2.62. The van der Waals surface area contributed by atoms with Gasteiger partial charge in [0.1, 0.15) is 17.7 Å². The summed E-state index contributed by atoms with van der Waals surface area (Å²) < 4.78 is 27.6. The number of aliphatic carboxylic acids is 1. The first-order valence-electron chi connectivity index (χ1n) is 6.27. The van der Waals surface area contributed by atoms with E-state index in [2.05, 4.69) is 4.98 Å². The number of carbonyl (C=O) groups is 1. The monoisotopic (exact) mass is 292 g/mol. The van der Waals surface area contributed by atoms with E-state index in [9.17, 15) is 18.7 Å². The lowest BCUT2D eigenvalue weighted by Crippen LogP contribution is -2.32. The minimum absolute atomic E-state index is 0.158. The number of carboxylic acid groups (broad SMARTS) is 1. The summed E-state index contributed by atoms with van der Waals surface area (Å²) in [4.78, 5) is 16.9. The molecule has 0 saturated carbocycles. The van der Waals surface area contributed by atoms with E-state index in [1.54, 1.807) is 24.4 Å². The zero-order chi connectivity index (χ0) is 15.4. The van der Waals surface area contributed by atoms with Crippen LogP contribution in [0, 0.1) is 11.6 Å². The van der Waals surface area contributed by atoms with Crippen molar-refractivity contribution in [2.75, 3.05) is 7.05 Å². The van der Waals surface area contributed by atoms with Crippen LogP contribution in [0.2, 0.25) is 0 Å². The number of carboxylic acids is 1. The Morgan fingerprint density at radius 1 is 1.24 bits per heavy atom. The predicted molar refractivity (Wildman–Crippen MR) is 72.4 cm³/mol. The van der Waals surface area contributed by atoms with Gasteiger partial charge in [0.2, 0.25) is 0 Å². The minimum Gasteiger partial charge on any atom is -0.480 e. The molecule has 0 unspecified atom stereocenters. The average molecular weight is 292 g/mol. The van der Waals surface area contributed by atoms with Gasteiger partial charge >= 0.3 is 5.97 Å². The number of pyridine rings is 1. The van der Waals surface area contributed by atoms with Gasteiger partial charge in [-0.1, -0.05) is 12.1 Å². The molecule has 0 saturated heterocycles. The maximum Gasteiger partial charge on any atom is 0.325 e. The summed E-state index contributed by atoms with van der Waals surface area (Å²) in [6, 6.07) is 7.07. The molecule has 2 aromatic rings. The van der Waals surface area contributed by atoms with Crippen LogP contribution >= 0.6 is 0 Å². The molecule has 6 heteroatoms. The first-order chi connectivity index (χ1) is 10.0. The van der Waals surface area contributed by atoms with E-state index in [0.29, 0.717) is 5.69 Å². The normalized spacial score (nSPS) is 12.4. The Kier molecular flexibility index (Phi) is 4.59. The fourth-order valence-corrected chi connectivity index (χ4v) is 2.14. The molecule has 1 atom stereocenters. The smallest absolute Gasteiger partial charge is 0.325 e. The maximum atomic E-state index is 13.8. The minimum atomic E-state index is -1.42. The van der Waals surface area contributed by atoms with Crippen molar-refractivity contribution >= 4 is 5.97 Å². The number of likely N-dealkylation sites (N-methyl/N-ethyl adjacent to an activating group) is 1. The van der Waals surface area contributed by atoms with Gasteiger partial charge in [0, 0.05) is 12.7 Å². The van der Waals surface area contributed by atoms with Crippen LogP contribution in [0.4, 0.5) is 8.78 Å². The fraction of sp³-hybridized carbons (Fsp3) is 0.200. The Hall–Kier alpha value is -2.34. The summed E-state index contributed by atoms with van der Waals surface area (Å²) in [5.74, 6) is -3.08. The third-order valence-corrected chi connectivity index (χ3v) is 3.09. The second-order valence-corrected chi connectivity index (χ2v) is 4.61. The largest absolute Gasteiger partial charge is 0.480 e. The number of nitrogens with zero attached hydrogens (tertiary/aromatic N) is 2. The molecule has 0 bridgehead atoms. The highest BCUT2D eigenvalue weighted by Crippen LogP contribution is 2.26. The van der Waals surface area contributed by atoms with Crippen molar-refractivity contribution in [2.45, 2.75) is 12.6 Å². The van der Waals surface area contributed by atoms with Gasteiger partial charge in [0.15, 0.2) is 0 Å². The molecule has 110 valence electrons. The second-order valence-electron chi connectivity index (χ2n) is 4.61. The van der Waals surface area contributed by atoms with E-state index in [1.807, 2.05) is 0 Å². The van der Waals surface area contributed by atoms with Gasteiger partial charge in [-0.2, -0.15) is 0 Å². The third kappa shape index (κ3) is 3.41. The second kappa shape index (κ2) is 6.41. The maximum absolute atomic E-state index is 13.8. The van der Waals surface area contributed by atoms with Crippen molar-refractivity contribution in [1.82, 2.24) is 9.88 Å². The molecule has 0 aliphatic carbocycles. The van der Waals surface area contributed by atoms with Crippen LogP contribution in [-0.4, -0.2) is 28.0 Å². The topological polar surface area (TPSA) is 53.4 Å². The van der Waals surface area contributed by atoms with Crippen molar-refractivity contribution < 1.29 is 18.7 Å². The standard InChI is InChI=1S/C15H14F2N2O2/c1-19(9-10-5-2-3-8-18-10)14(15(20)21)13-11(16)6-4-7-12(13)17/h2-8,14H,9H2,1H3,(H,20,21)/t14-/m1/s1. The van der Waals surface area contributed by atoms with Crippen molar-refractivity contribution in [3.05, 3.63) is 65.5 Å². The summed E-state index contributed by atoms with van der Waals surface area (Å²) in [5.41, 5.74) is 0.145. The molecule has 4 nitrogen and oxygen atoms in total. The lowest BCUT2D eigenvalue weighted by molar-refractivity contribution is -0.143. The van der Waals surface area contributed by atoms with Gasteiger partial charge in [0.25, 0.3) is 0 Å². The molecule has 1 N–H and O–H groups in total. The number of benzene rings is 1. The van der Waals surface area contributed by atoms with Gasteiger partial charge in [-0.05, 0) is 31.3 Å². The summed E-state index contributed by atoms with van der Waals surface area (Å²) >= 11 is 0. The van der Waals surface area contributed by atoms with Crippen molar-refractivity contribution in [3.63, 3.8) is 0 Å². The van der Waals surface area contributed by atoms with Gasteiger partial charge in [-0.25, -0.2) is 8.78 Å². The average Bonchev–Trinajstić information content (AvgIpc) is 2.43. The van der Waals surface area contributed by atoms with E-state index >= 15 is 0 Å². The molecular formula is C15H14F2N2O2. The van der Waals surface area contributed by atoms with Crippen LogP contribution in [-0.2, 0) is 11.3 Å². The molecule has 0 radical (unpaired) electrons. The lowest BCUT2D eigenvalue weighted by atomic mass is 10.0. The molecule has 2 rings (SSSR count). The molecule has 0 spiro atoms. The van der Waals surface area contributed by atoms with Crippen LogP contribution < -0.4 is 0 Å². The zero-order valence-corrected chi connectivity index (χ0v) is 11.3. The lowest BCUT2D eigenvalue weighted by Gasteiger charge is -2.25. The molecule has 21 heavy (non-hydrogen) atoms. The number of halogens is 2. The Morgan fingerprint density at radius 2 is 1.90 bits per heavy atom. The van der Waals surface area contributed by atoms with Crippen molar-refractivity contribution in [1.29, 1.82) is 0 Å². The van der Waals surface area contributed by atoms with E-state index in [-0.39, 0.29) is 6.54 Å². The molecule has 0 aliphatic rings. The third-order valence-electron chi connectivity index (χ3n) is 3.09. The van der Waals surface area contributed by atoms with Crippen molar-refractivity contribution in [2.24, 2.45) is 0 Å². The van der Waals surface area contributed by atoms with Gasteiger partial charge < -0.3 is 5.11 Å². The highest BCUT2D eigenvalue weighted by atomic mass is 19.1. The molecule has 1 aromatic heterocycles. The van der Waals surface area contributed by atoms with Gasteiger partial charge in [0.05, 0.1) is 11.3 Å². The molecule has 0 aliphatic heterocycles. The number of hydrogen-bond donors (Lipinski definition) is 1. The van der Waals surface area contributed by atoms with Crippen LogP contribution in [0.1, 0.15) is 17.3 Å². The van der Waals surface area contributed by atoms with E-state index in [1.165, 1.54) is 18.0 Å². The SMILES string of the molecule is CN(Cc1ccccn1)[C@@H](C(=O)O)c1c(F)cccc1F. The summed E-state index contributed by atoms with van der Waals surface area (Å²) in [5, 5.41) is 9.33. The van der Waals surface area contributed by atoms with Gasteiger partial charge in [-0.15, -0.1) is 0 Å². The van der Waals surface area contributed by atoms with Crippen molar-refractivity contribution in [3.8, 4) is 0 Å². The zero-order valence-electron chi connectivity index (χ0n) is 11.3. The summed E-state index contributed by atoms with van der Waals surface area (Å²) in [6.45, 7) is 0.158. The Bertz CT molecular complexity index is 615. The van der Waals surface area contributed by atoms with Crippen LogP contribution in [0.3, 0.4) is 0 Å². The Labute approximate surface area is 120 Å². The van der Waals surface area contributed by atoms with E-state index in [4.69, 9.17) is 0 Å². The first-order valence-corrected chi connectivity index (χ1v) is 6.27. The van der Waals surface area contributed by atoms with Crippen LogP contribution in [0.5, 0.6) is 0 Å². The van der Waals surface area contributed by atoms with E-state index in [0.717, 1.165) is 12.1 Å². The Morgan fingerprint density at radius 3 is 2.43 bits per heavy atom. The van der Waals surface area contributed by atoms with Crippen LogP contribution in [0.25, 0.3) is 0 Å². The summed E-state index contributed by atoms with van der Waals surface area (Å²) in [6.07, 6.45) is 1.57. The summed E-state index contributed by atoms with van der Waals surface area (Å²) in [7, 11) is 1.49. The van der Waals surface area contributed by atoms with Crippen LogP contribution in [0.15, 0.2) is 42.6 Å². The Balaban J connectivity index is 2.33. The first kappa shape index (κ1) is 15.1. The highest BCUT2D eigenvalue weighted by Gasteiger charge is 2.30. The highest BCUT2D eigenvalue weighted by molar-refractivity contribution is 5.75. The van der Waals surface area contributed by atoms with Gasteiger partial charge in [-0.3, -0.25) is 14.7 Å². The molecule has 1 aromatic carbocycles. The molecule has 1 heterocycles. The number of aromatic nitrogens is 1. The fourth-order valence-electron chi connectivity index (χ4n) is 2.14. The number of hydrogen-bond acceptors (Lipinski definition) is 3.